The Hall–Kier alpha value is -3.73. The summed E-state index contributed by atoms with van der Waals surface area (Å²) >= 11 is 0. The molecule has 0 saturated heterocycles. The Morgan fingerprint density at radius 1 is 1.22 bits per heavy atom. The maximum Gasteiger partial charge on any atom is 0.416 e. The molecule has 8 nitrogen and oxygen atoms in total. The van der Waals surface area contributed by atoms with Crippen LogP contribution in [0.3, 0.4) is 0 Å². The lowest BCUT2D eigenvalue weighted by Crippen LogP contribution is -2.45. The fourth-order valence-corrected chi connectivity index (χ4v) is 3.52. The molecule has 0 saturated carbocycles. The van der Waals surface area contributed by atoms with E-state index < -0.39 is 29.6 Å². The average Bonchev–Trinajstić information content (AvgIpc) is 3.22. The molecule has 1 atom stereocenters. The fourth-order valence-electron chi connectivity index (χ4n) is 3.52. The lowest BCUT2D eigenvalue weighted by Gasteiger charge is -2.33. The molecule has 1 unspecified atom stereocenters. The molecule has 0 radical (unpaired) electrons. The number of fused-ring (bicyclic) bond motifs is 1. The van der Waals surface area contributed by atoms with Crippen molar-refractivity contribution in [2.45, 2.75) is 12.2 Å². The van der Waals surface area contributed by atoms with E-state index in [4.69, 9.17) is 4.74 Å². The molecule has 32 heavy (non-hydrogen) atoms. The van der Waals surface area contributed by atoms with Gasteiger partial charge in [0.1, 0.15) is 5.69 Å². The molecule has 0 spiro atoms. The first-order valence-corrected chi connectivity index (χ1v) is 9.56. The van der Waals surface area contributed by atoms with Gasteiger partial charge < -0.3 is 15.0 Å². The topological polar surface area (TPSA) is 89.3 Å². The van der Waals surface area contributed by atoms with Crippen LogP contribution in [0.2, 0.25) is 0 Å². The van der Waals surface area contributed by atoms with Crippen LogP contribution >= 0.6 is 0 Å². The summed E-state index contributed by atoms with van der Waals surface area (Å²) in [6.45, 7) is 0.305. The highest BCUT2D eigenvalue weighted by Crippen LogP contribution is 2.33. The van der Waals surface area contributed by atoms with Crippen LogP contribution in [0, 0.1) is 0 Å². The number of hydrogen-bond acceptors (Lipinski definition) is 5. The van der Waals surface area contributed by atoms with E-state index in [2.05, 4.69) is 15.4 Å². The van der Waals surface area contributed by atoms with Crippen LogP contribution in [0.15, 0.2) is 55.0 Å². The smallest absolute Gasteiger partial charge is 0.382 e. The van der Waals surface area contributed by atoms with Crippen LogP contribution in [0.1, 0.15) is 32.5 Å². The van der Waals surface area contributed by atoms with Crippen molar-refractivity contribution in [2.24, 2.45) is 0 Å². The number of aromatic nitrogens is 3. The van der Waals surface area contributed by atoms with Gasteiger partial charge in [-0.05, 0) is 36.4 Å². The van der Waals surface area contributed by atoms with Gasteiger partial charge in [0.05, 0.1) is 48.4 Å². The normalized spacial score (nSPS) is 16.1. The highest BCUT2D eigenvalue weighted by molar-refractivity contribution is 6.15. The van der Waals surface area contributed by atoms with E-state index >= 15 is 0 Å². The Labute approximate surface area is 180 Å². The van der Waals surface area contributed by atoms with Crippen LogP contribution in [0.25, 0.3) is 0 Å². The summed E-state index contributed by atoms with van der Waals surface area (Å²) in [6, 6.07) is 7.14. The minimum Gasteiger partial charge on any atom is -0.382 e. The molecule has 2 aromatic heterocycles. The number of ether oxygens (including phenoxy) is 1. The Kier molecular flexibility index (Phi) is 5.66. The number of hydrogen-bond donors (Lipinski definition) is 1. The first-order chi connectivity index (χ1) is 15.3. The van der Waals surface area contributed by atoms with Crippen molar-refractivity contribution in [3.63, 3.8) is 0 Å². The van der Waals surface area contributed by atoms with Gasteiger partial charge in [-0.3, -0.25) is 19.3 Å². The lowest BCUT2D eigenvalue weighted by atomic mass is 10.1. The van der Waals surface area contributed by atoms with Crippen molar-refractivity contribution < 1.29 is 27.5 Å². The second-order valence-corrected chi connectivity index (χ2v) is 7.12. The molecule has 4 rings (SSSR count). The summed E-state index contributed by atoms with van der Waals surface area (Å²) in [5.74, 6) is -1.11. The summed E-state index contributed by atoms with van der Waals surface area (Å²) in [7, 11) is 1.48. The van der Waals surface area contributed by atoms with E-state index in [1.165, 1.54) is 41.2 Å². The SMILES string of the molecule is COCC1CN(c2ccc(C(F)(F)F)cc2)C(=O)c2c(C(=O)Nc3cccnc3)cnn21. The predicted octanol–water partition coefficient (Wildman–Crippen LogP) is 3.40. The predicted molar refractivity (Wildman–Crippen MR) is 108 cm³/mol. The molecular formula is C21H18F3N5O3. The molecule has 1 N–H and O–H groups in total. The Morgan fingerprint density at radius 2 is 1.97 bits per heavy atom. The molecule has 166 valence electrons. The first kappa shape index (κ1) is 21.5. The molecule has 1 aromatic carbocycles. The number of halogens is 3. The zero-order valence-corrected chi connectivity index (χ0v) is 16.8. The maximum absolute atomic E-state index is 13.3. The van der Waals surface area contributed by atoms with Crippen molar-refractivity contribution in [3.8, 4) is 0 Å². The number of amides is 2. The zero-order chi connectivity index (χ0) is 22.9. The standard InChI is InChI=1S/C21H18F3N5O3/c1-32-12-16-11-28(15-6-4-13(5-7-15)21(22,23)24)20(31)18-17(10-26-29(16)18)19(30)27-14-3-2-8-25-9-14/h2-10,16H,11-12H2,1H3,(H,27,30). The molecule has 3 aromatic rings. The van der Waals surface area contributed by atoms with Gasteiger partial charge in [0.25, 0.3) is 11.8 Å². The number of carbonyl (C=O) groups excluding carboxylic acids is 2. The zero-order valence-electron chi connectivity index (χ0n) is 16.8. The lowest BCUT2D eigenvalue weighted by molar-refractivity contribution is -0.137. The molecule has 0 bridgehead atoms. The van der Waals surface area contributed by atoms with Crippen molar-refractivity contribution in [1.29, 1.82) is 0 Å². The molecule has 0 fully saturated rings. The van der Waals surface area contributed by atoms with E-state index in [-0.39, 0.29) is 30.1 Å². The van der Waals surface area contributed by atoms with Crippen LogP contribution in [-0.4, -0.2) is 46.8 Å². The van der Waals surface area contributed by atoms with E-state index in [1.807, 2.05) is 0 Å². The molecular weight excluding hydrogens is 427 g/mol. The maximum atomic E-state index is 13.3. The highest BCUT2D eigenvalue weighted by Gasteiger charge is 2.37. The first-order valence-electron chi connectivity index (χ1n) is 9.56. The second-order valence-electron chi connectivity index (χ2n) is 7.12. The van der Waals surface area contributed by atoms with Crippen LogP contribution in [0.4, 0.5) is 24.5 Å². The van der Waals surface area contributed by atoms with Crippen molar-refractivity contribution in [2.75, 3.05) is 30.5 Å². The van der Waals surface area contributed by atoms with Crippen molar-refractivity contribution in [3.05, 3.63) is 71.8 Å². The fraction of sp³-hybridized carbons (Fsp3) is 0.238. The van der Waals surface area contributed by atoms with Crippen LogP contribution in [0.5, 0.6) is 0 Å². The largest absolute Gasteiger partial charge is 0.416 e. The number of nitrogens with one attached hydrogen (secondary N) is 1. The summed E-state index contributed by atoms with van der Waals surface area (Å²) < 4.78 is 45.4. The summed E-state index contributed by atoms with van der Waals surface area (Å²) in [6.07, 6.45) is -0.187. The number of anilines is 2. The molecule has 1 aliphatic heterocycles. The third-order valence-corrected chi connectivity index (χ3v) is 5.01. The molecule has 2 amide bonds. The van der Waals surface area contributed by atoms with E-state index in [0.717, 1.165) is 12.1 Å². The average molecular weight is 445 g/mol. The van der Waals surface area contributed by atoms with Gasteiger partial charge in [0.2, 0.25) is 0 Å². The van der Waals surface area contributed by atoms with Crippen molar-refractivity contribution >= 4 is 23.2 Å². The Bertz CT molecular complexity index is 1130. The third-order valence-electron chi connectivity index (χ3n) is 5.01. The second kappa shape index (κ2) is 8.42. The van der Waals surface area contributed by atoms with Crippen molar-refractivity contribution in [1.82, 2.24) is 14.8 Å². The van der Waals surface area contributed by atoms with Gasteiger partial charge in [-0.1, -0.05) is 0 Å². The number of methoxy groups -OCH3 is 1. The number of benzene rings is 1. The minimum absolute atomic E-state index is 0.0274. The minimum atomic E-state index is -4.49. The third kappa shape index (κ3) is 4.06. The molecule has 0 aliphatic carbocycles. The summed E-state index contributed by atoms with van der Waals surface area (Å²) in [4.78, 5) is 31.4. The molecule has 11 heteroatoms. The number of alkyl halides is 3. The number of pyridine rings is 1. The Balaban J connectivity index is 1.69. The summed E-state index contributed by atoms with van der Waals surface area (Å²) in [5.41, 5.74) is -0.0409. The molecule has 1 aliphatic rings. The monoisotopic (exact) mass is 445 g/mol. The molecule has 3 heterocycles. The van der Waals surface area contributed by atoms with E-state index in [1.54, 1.807) is 18.3 Å². The van der Waals surface area contributed by atoms with Gasteiger partial charge in [-0.2, -0.15) is 18.3 Å². The van der Waals surface area contributed by atoms with Gasteiger partial charge in [-0.15, -0.1) is 0 Å². The quantitative estimate of drug-likeness (QED) is 0.650. The highest BCUT2D eigenvalue weighted by atomic mass is 19.4. The summed E-state index contributed by atoms with van der Waals surface area (Å²) in [5, 5.41) is 6.87. The van der Waals surface area contributed by atoms with E-state index in [0.29, 0.717) is 5.69 Å². The van der Waals surface area contributed by atoms with Gasteiger partial charge in [0.15, 0.2) is 0 Å². The van der Waals surface area contributed by atoms with Gasteiger partial charge in [0, 0.05) is 19.0 Å². The van der Waals surface area contributed by atoms with Crippen LogP contribution in [-0.2, 0) is 10.9 Å². The van der Waals surface area contributed by atoms with E-state index in [9.17, 15) is 22.8 Å². The van der Waals surface area contributed by atoms with Gasteiger partial charge in [-0.25, -0.2) is 0 Å². The van der Waals surface area contributed by atoms with Crippen LogP contribution < -0.4 is 10.2 Å². The van der Waals surface area contributed by atoms with Gasteiger partial charge >= 0.3 is 6.18 Å². The Morgan fingerprint density at radius 3 is 2.59 bits per heavy atom. The number of carbonyl (C=O) groups is 2. The number of rotatable bonds is 5. The number of nitrogens with zero attached hydrogens (tertiary/aromatic N) is 4.